The van der Waals surface area contributed by atoms with E-state index in [1.807, 2.05) is 78.9 Å². The van der Waals surface area contributed by atoms with Gasteiger partial charge in [-0.3, -0.25) is 4.79 Å². The summed E-state index contributed by atoms with van der Waals surface area (Å²) in [6.45, 7) is 11.3. The van der Waals surface area contributed by atoms with Crippen LogP contribution < -0.4 is 10.1 Å². The van der Waals surface area contributed by atoms with Gasteiger partial charge in [-0.15, -0.1) is 0 Å². The Balaban J connectivity index is 1.63. The van der Waals surface area contributed by atoms with E-state index in [1.165, 1.54) is 12.1 Å². The summed E-state index contributed by atoms with van der Waals surface area (Å²) in [4.78, 5) is 13.4. The molecule has 2 unspecified atom stereocenters. The van der Waals surface area contributed by atoms with Crippen LogP contribution in [0, 0.1) is 11.7 Å². The Morgan fingerprint density at radius 3 is 2.17 bits per heavy atom. The van der Waals surface area contributed by atoms with Crippen LogP contribution in [0.25, 0.3) is 0 Å². The van der Waals surface area contributed by atoms with E-state index in [9.17, 15) is 14.3 Å². The average Bonchev–Trinajstić information content (AvgIpc) is 3.02. The smallest absolute Gasteiger partial charge is 0.224 e. The lowest BCUT2D eigenvalue weighted by atomic mass is 9.86. The van der Waals surface area contributed by atoms with Crippen LogP contribution in [0.5, 0.6) is 5.75 Å². The molecule has 0 radical (unpaired) electrons. The van der Waals surface area contributed by atoms with Crippen LogP contribution in [0.2, 0.25) is 18.1 Å². The third-order valence-electron chi connectivity index (χ3n) is 8.77. The van der Waals surface area contributed by atoms with E-state index in [0.717, 1.165) is 15.6 Å². The Bertz CT molecular complexity index is 1540. The first-order valence-corrected chi connectivity index (χ1v) is 19.4. The van der Waals surface area contributed by atoms with Gasteiger partial charge in [-0.05, 0) is 84.4 Å². The molecule has 4 aromatic carbocycles. The number of nitrogens with one attached hydrogen (secondary N) is 1. The number of carbonyl (C=O) groups excluding carboxylic acids is 1. The van der Waals surface area contributed by atoms with Crippen molar-refractivity contribution in [2.75, 3.05) is 5.32 Å². The number of carbonyl (C=O) groups is 1. The van der Waals surface area contributed by atoms with Gasteiger partial charge < -0.3 is 19.6 Å². The summed E-state index contributed by atoms with van der Waals surface area (Å²) in [6.07, 6.45) is -0.224. The van der Waals surface area contributed by atoms with Gasteiger partial charge in [0.05, 0.1) is 12.2 Å². The molecule has 4 rings (SSSR count). The van der Waals surface area contributed by atoms with Crippen LogP contribution in [0.4, 0.5) is 10.1 Å². The number of para-hydroxylation sites is 1. The molecule has 2 N–H and O–H groups in total. The zero-order chi connectivity index (χ0) is 33.3. The number of halogens is 2. The predicted molar refractivity (Wildman–Crippen MR) is 190 cm³/mol. The van der Waals surface area contributed by atoms with Crippen LogP contribution in [-0.2, 0) is 15.8 Å². The second-order valence-electron chi connectivity index (χ2n) is 13.3. The van der Waals surface area contributed by atoms with Crippen LogP contribution in [-0.4, -0.2) is 19.3 Å². The van der Waals surface area contributed by atoms with E-state index in [-0.39, 0.29) is 29.3 Å². The summed E-state index contributed by atoms with van der Waals surface area (Å²) in [5, 5.41) is 14.9. The Kier molecular flexibility index (Phi) is 12.4. The van der Waals surface area contributed by atoms with Crippen molar-refractivity contribution >= 4 is 35.8 Å². The highest BCUT2D eigenvalue weighted by molar-refractivity contribution is 9.10. The van der Waals surface area contributed by atoms with Crippen LogP contribution in [0.1, 0.15) is 68.9 Å². The van der Waals surface area contributed by atoms with Crippen LogP contribution in [0.15, 0.2) is 108 Å². The largest absolute Gasteiger partial charge is 0.488 e. The third kappa shape index (κ3) is 10.1. The zero-order valence-electron chi connectivity index (χ0n) is 27.3. The molecule has 244 valence electrons. The summed E-state index contributed by atoms with van der Waals surface area (Å²) in [6, 6.07) is 31.2. The normalized spacial score (nSPS) is 13.9. The SMILES string of the molecule is CC(C)(C)[Si](C)(C)OC(CCC(CC(=O)Nc1ccccc1)[C@@H](O)c1ccc(Br)cc1OCc1ccccc1)c1ccc(F)cc1. The fourth-order valence-corrected chi connectivity index (χ4v) is 6.74. The Labute approximate surface area is 282 Å². The van der Waals surface area contributed by atoms with E-state index >= 15 is 0 Å². The molecule has 0 aliphatic rings. The van der Waals surface area contributed by atoms with E-state index in [0.29, 0.717) is 36.4 Å². The highest BCUT2D eigenvalue weighted by Gasteiger charge is 2.40. The molecule has 0 spiro atoms. The molecule has 0 aliphatic carbocycles. The number of hydrogen-bond donors (Lipinski definition) is 2. The van der Waals surface area contributed by atoms with Crippen molar-refractivity contribution in [1.29, 1.82) is 0 Å². The molecular formula is C38H45BrFNO4Si. The van der Waals surface area contributed by atoms with Gasteiger partial charge in [-0.25, -0.2) is 4.39 Å². The molecule has 0 aliphatic heterocycles. The van der Waals surface area contributed by atoms with Crippen molar-refractivity contribution in [2.24, 2.45) is 5.92 Å². The minimum Gasteiger partial charge on any atom is -0.488 e. The summed E-state index contributed by atoms with van der Waals surface area (Å²) in [5.41, 5.74) is 3.19. The second kappa shape index (κ2) is 16.0. The Hall–Kier alpha value is -3.30. The molecule has 8 heteroatoms. The maximum atomic E-state index is 13.9. The average molecular weight is 707 g/mol. The molecule has 0 saturated carbocycles. The molecule has 1 amide bonds. The molecule has 46 heavy (non-hydrogen) atoms. The van der Waals surface area contributed by atoms with Crippen molar-refractivity contribution in [3.8, 4) is 5.75 Å². The van der Waals surface area contributed by atoms with Gasteiger partial charge >= 0.3 is 0 Å². The molecule has 0 aromatic heterocycles. The van der Waals surface area contributed by atoms with E-state index in [1.54, 1.807) is 12.1 Å². The Morgan fingerprint density at radius 2 is 1.54 bits per heavy atom. The highest BCUT2D eigenvalue weighted by atomic mass is 79.9. The van der Waals surface area contributed by atoms with Crippen molar-refractivity contribution in [3.05, 3.63) is 130 Å². The summed E-state index contributed by atoms with van der Waals surface area (Å²) < 4.78 is 27.9. The standard InChI is InChI=1S/C38H45BrFNO4Si/c1-38(2,3)46(4,5)45-34(28-16-20-31(40)21-17-28)23-18-29(24-36(42)41-32-14-10-7-11-15-32)37(43)33-22-19-30(39)25-35(33)44-26-27-12-8-6-9-13-27/h6-17,19-22,25,29,34,37,43H,18,23-24,26H2,1-5H3,(H,41,42)/t29?,34?,37-/m1/s1. The summed E-state index contributed by atoms with van der Waals surface area (Å²) in [5.74, 6) is -0.413. The summed E-state index contributed by atoms with van der Waals surface area (Å²) in [7, 11) is -2.23. The van der Waals surface area contributed by atoms with E-state index in [2.05, 4.69) is 55.1 Å². The third-order valence-corrected chi connectivity index (χ3v) is 13.7. The van der Waals surface area contributed by atoms with Gasteiger partial charge in [0.1, 0.15) is 18.2 Å². The van der Waals surface area contributed by atoms with Gasteiger partial charge in [0, 0.05) is 22.1 Å². The minimum atomic E-state index is -2.23. The number of amides is 1. The molecule has 0 saturated heterocycles. The zero-order valence-corrected chi connectivity index (χ0v) is 29.9. The first-order valence-electron chi connectivity index (χ1n) is 15.7. The maximum Gasteiger partial charge on any atom is 0.224 e. The maximum absolute atomic E-state index is 13.9. The Morgan fingerprint density at radius 1 is 0.913 bits per heavy atom. The predicted octanol–water partition coefficient (Wildman–Crippen LogP) is 10.4. The second-order valence-corrected chi connectivity index (χ2v) is 18.9. The van der Waals surface area contributed by atoms with Crippen LogP contribution >= 0.6 is 15.9 Å². The first-order chi connectivity index (χ1) is 21.8. The lowest BCUT2D eigenvalue weighted by Gasteiger charge is -2.40. The van der Waals surface area contributed by atoms with Crippen molar-refractivity contribution in [3.63, 3.8) is 0 Å². The molecule has 0 fully saturated rings. The molecule has 5 nitrogen and oxygen atoms in total. The number of ether oxygens (including phenoxy) is 1. The van der Waals surface area contributed by atoms with Gasteiger partial charge in [0.15, 0.2) is 8.32 Å². The first kappa shape index (κ1) is 35.5. The number of hydrogen-bond acceptors (Lipinski definition) is 4. The van der Waals surface area contributed by atoms with Gasteiger partial charge in [0.25, 0.3) is 0 Å². The quantitative estimate of drug-likeness (QED) is 0.128. The topological polar surface area (TPSA) is 67.8 Å². The van der Waals surface area contributed by atoms with E-state index < -0.39 is 20.3 Å². The van der Waals surface area contributed by atoms with Gasteiger partial charge in [-0.1, -0.05) is 103 Å². The number of aliphatic hydroxyl groups is 1. The van der Waals surface area contributed by atoms with Crippen molar-refractivity contribution in [2.45, 2.75) is 77.0 Å². The number of aliphatic hydroxyl groups excluding tert-OH is 1. The fraction of sp³-hybridized carbons (Fsp3) is 0.342. The molecule has 0 bridgehead atoms. The fourth-order valence-electron chi connectivity index (χ4n) is 5.08. The van der Waals surface area contributed by atoms with Crippen molar-refractivity contribution < 1.29 is 23.5 Å². The molecule has 0 heterocycles. The number of rotatable bonds is 14. The molecule has 4 aromatic rings. The van der Waals surface area contributed by atoms with Gasteiger partial charge in [-0.2, -0.15) is 0 Å². The molecule has 3 atom stereocenters. The van der Waals surface area contributed by atoms with Gasteiger partial charge in [0.2, 0.25) is 5.91 Å². The monoisotopic (exact) mass is 705 g/mol. The van der Waals surface area contributed by atoms with E-state index in [4.69, 9.17) is 9.16 Å². The lowest BCUT2D eigenvalue weighted by molar-refractivity contribution is -0.118. The minimum absolute atomic E-state index is 0.0395. The van der Waals surface area contributed by atoms with Crippen molar-refractivity contribution in [1.82, 2.24) is 0 Å². The molecular weight excluding hydrogens is 661 g/mol. The number of benzene rings is 4. The highest BCUT2D eigenvalue weighted by Crippen LogP contribution is 2.43. The lowest BCUT2D eigenvalue weighted by Crippen LogP contribution is -2.42. The summed E-state index contributed by atoms with van der Waals surface area (Å²) >= 11 is 3.55. The number of anilines is 1. The van der Waals surface area contributed by atoms with Crippen LogP contribution in [0.3, 0.4) is 0 Å².